The fourth-order valence-electron chi connectivity index (χ4n) is 11.5. The van der Waals surface area contributed by atoms with Crippen LogP contribution >= 0.6 is 22.5 Å². The van der Waals surface area contributed by atoms with Gasteiger partial charge in [-0.3, -0.25) is 0 Å². The molecule has 6 N–H and O–H groups in total. The summed E-state index contributed by atoms with van der Waals surface area (Å²) in [7, 11) is -12.1. The van der Waals surface area contributed by atoms with E-state index < -0.39 is 58.3 Å². The van der Waals surface area contributed by atoms with Crippen LogP contribution in [0.15, 0.2) is 159 Å². The first-order valence-electron chi connectivity index (χ1n) is 37.8. The molecule has 7 rings (SSSR count). The molecule has 0 spiro atoms. The molecule has 27 nitrogen and oxygen atoms in total. The minimum atomic E-state index is -4.03. The Hall–Kier alpha value is -8.61. The molecule has 0 radical (unpaired) electrons. The molecule has 0 amide bonds. The average Bonchev–Trinajstić information content (AvgIpc) is 0.729. The van der Waals surface area contributed by atoms with Gasteiger partial charge in [-0.1, -0.05) is 83.1 Å². The molecule has 0 bridgehead atoms. The number of likely N-dealkylation sites (N-methyl/N-ethyl adjacent to an activating group) is 6. The molecule has 0 fully saturated rings. The van der Waals surface area contributed by atoms with Crippen molar-refractivity contribution in [2.75, 3.05) is 188 Å². The van der Waals surface area contributed by atoms with Gasteiger partial charge < -0.3 is 88.3 Å². The Kier molecular flexibility index (Phi) is 35.9. The third-order valence-electron chi connectivity index (χ3n) is 18.4. The molecule has 0 unspecified atom stereocenters. The van der Waals surface area contributed by atoms with E-state index in [4.69, 9.17) is 42.0 Å². The molecular weight excluding hydrogens is 1430 g/mol. The third kappa shape index (κ3) is 26.9. The Morgan fingerprint density at radius 2 is 0.352 bits per heavy atom. The van der Waals surface area contributed by atoms with E-state index in [1.54, 1.807) is 146 Å². The Morgan fingerprint density at radius 1 is 0.231 bits per heavy atom. The van der Waals surface area contributed by atoms with Crippen molar-refractivity contribution in [3.63, 3.8) is 0 Å². The topological polar surface area (TPSA) is 287 Å². The van der Waals surface area contributed by atoms with Crippen molar-refractivity contribution in [1.82, 2.24) is 29.4 Å². The van der Waals surface area contributed by atoms with Gasteiger partial charge >= 0.3 is 35.8 Å². The normalized spacial score (nSPS) is 13.4. The van der Waals surface area contributed by atoms with Gasteiger partial charge in [0.05, 0.1) is 33.4 Å². The fraction of sp³-hybridized carbons (Fsp3) is 0.462. The Balaban J connectivity index is 1.51. The molecule has 6 aromatic rings. The van der Waals surface area contributed by atoms with Gasteiger partial charge in [-0.05, 0) is 224 Å². The van der Waals surface area contributed by atoms with Gasteiger partial charge in [0.25, 0.3) is 22.5 Å². The van der Waals surface area contributed by atoms with Crippen molar-refractivity contribution in [3.05, 3.63) is 179 Å². The van der Waals surface area contributed by atoms with Crippen LogP contribution in [0.25, 0.3) is 0 Å². The predicted octanol–water partition coefficient (Wildman–Crippen LogP) is 15.5. The van der Waals surface area contributed by atoms with E-state index in [1.165, 1.54) is 0 Å². The molecule has 30 heteroatoms. The molecule has 0 saturated heterocycles. The molecule has 0 aromatic heterocycles. The lowest BCUT2D eigenvalue weighted by Gasteiger charge is -2.38. The summed E-state index contributed by atoms with van der Waals surface area (Å²) in [5.74, 6) is -3.08. The number of rotatable bonds is 48. The number of benzene rings is 6. The summed E-state index contributed by atoms with van der Waals surface area (Å²) in [4.78, 5) is 95.7. The standard InChI is InChI=1S/C78H114N15O12P3/c1-13-88(14-2)49-55-100-73(94)61-25-37-67(38-26-61)79-106(80-68-39-27-62(28-40-68)74(95)101-56-50-89(15-3)16-4)85-107(81-69-41-29-63(30-42-69)75(96)102-57-51-90(17-5)18-6,82-70-43-31-64(32-44-70)76(97)103-58-52-91(19-7)20-8)87-108(86-106,83-71-45-33-65(34-46-71)77(98)104-59-53-92(21-9)22-10)84-72-47-35-66(36-48-72)78(99)105-60-54-93(23-11)24-12/h25-48,79-84H,13-24,49-60H2,1-12H3. The molecule has 1 aliphatic rings. The highest BCUT2D eigenvalue weighted by atomic mass is 31.3. The van der Waals surface area contributed by atoms with Crippen LogP contribution in [-0.2, 0) is 28.4 Å². The van der Waals surface area contributed by atoms with Crippen LogP contribution in [0.5, 0.6) is 0 Å². The molecule has 6 aromatic carbocycles. The predicted molar refractivity (Wildman–Crippen MR) is 437 cm³/mol. The molecule has 0 saturated carbocycles. The molecular formula is C78H114N15O12P3. The van der Waals surface area contributed by atoms with Crippen LogP contribution in [0, 0.1) is 0 Å². The summed E-state index contributed by atoms with van der Waals surface area (Å²) < 4.78 is 52.4. The van der Waals surface area contributed by atoms with E-state index in [0.29, 0.717) is 107 Å². The van der Waals surface area contributed by atoms with Crippen LogP contribution in [0.4, 0.5) is 34.1 Å². The molecule has 0 aliphatic carbocycles. The number of hydrogen-bond acceptors (Lipinski definition) is 27. The highest BCUT2D eigenvalue weighted by Crippen LogP contribution is 2.76. The summed E-state index contributed by atoms with van der Waals surface area (Å²) in [6, 6.07) is 40.7. The second-order valence-corrected chi connectivity index (χ2v) is 32.3. The molecule has 1 aliphatic heterocycles. The van der Waals surface area contributed by atoms with Gasteiger partial charge in [-0.2, -0.15) is 13.5 Å². The van der Waals surface area contributed by atoms with Gasteiger partial charge in [0.2, 0.25) is 0 Å². The summed E-state index contributed by atoms with van der Waals surface area (Å²) in [6.07, 6.45) is 0. The van der Waals surface area contributed by atoms with E-state index in [0.717, 1.165) is 78.5 Å². The van der Waals surface area contributed by atoms with Crippen LogP contribution in [0.2, 0.25) is 0 Å². The van der Waals surface area contributed by atoms with Crippen molar-refractivity contribution in [1.29, 1.82) is 0 Å². The number of nitrogens with zero attached hydrogens (tertiary/aromatic N) is 9. The van der Waals surface area contributed by atoms with Crippen molar-refractivity contribution < 1.29 is 57.2 Å². The maximum absolute atomic E-state index is 13.8. The van der Waals surface area contributed by atoms with Crippen LogP contribution in [0.1, 0.15) is 145 Å². The van der Waals surface area contributed by atoms with E-state index in [1.807, 2.05) is 0 Å². The summed E-state index contributed by atoms with van der Waals surface area (Å²) in [6.45, 7) is 38.7. The first kappa shape index (κ1) is 86.6. The van der Waals surface area contributed by atoms with E-state index in [-0.39, 0.29) is 39.6 Å². The SMILES string of the molecule is CCN(CC)CCOC(=O)c1ccc(NP2(Nc3ccc(C(=O)OCCN(CC)CC)cc3)=NP(Nc3ccc(C(=O)OCCN(CC)CC)cc3)(Nc3ccc(C(=O)OCCN(CC)CC)cc3)=NP(Nc3ccc(C(=O)OCCN(CC)CC)cc3)(Nc3ccc(C(=O)OCCN(CC)CC)cc3)=N2)cc1. The zero-order valence-electron chi connectivity index (χ0n) is 65.1. The third-order valence-corrected chi connectivity index (χ3v) is 28.1. The lowest BCUT2D eigenvalue weighted by molar-refractivity contribution is 0.0457. The number of esters is 6. The molecule has 1 heterocycles. The van der Waals surface area contributed by atoms with Crippen LogP contribution < -0.4 is 30.5 Å². The Labute approximate surface area is 639 Å². The zero-order valence-corrected chi connectivity index (χ0v) is 67.8. The monoisotopic (exact) mass is 1550 g/mol. The lowest BCUT2D eigenvalue weighted by Crippen LogP contribution is -2.27. The number of carbonyl (C=O) groups excluding carboxylic acids is 6. The second-order valence-electron chi connectivity index (χ2n) is 25.2. The van der Waals surface area contributed by atoms with Gasteiger partial charge in [-0.15, -0.1) is 0 Å². The highest BCUT2D eigenvalue weighted by Gasteiger charge is 2.40. The highest BCUT2D eigenvalue weighted by molar-refractivity contribution is 7.89. The second kappa shape index (κ2) is 44.8. The number of hydrogen-bond donors (Lipinski definition) is 6. The van der Waals surface area contributed by atoms with Gasteiger partial charge in [0.15, 0.2) is 0 Å². The number of anilines is 6. The van der Waals surface area contributed by atoms with Crippen molar-refractivity contribution in [2.24, 2.45) is 13.5 Å². The first-order valence-corrected chi connectivity index (χ1v) is 42.9. The van der Waals surface area contributed by atoms with Gasteiger partial charge in [0.1, 0.15) is 39.6 Å². The Bertz CT molecular complexity index is 3300. The largest absolute Gasteiger partial charge is 0.461 e. The molecule has 588 valence electrons. The smallest absolute Gasteiger partial charge is 0.338 e. The minimum absolute atomic E-state index is 0.186. The number of nitrogens with one attached hydrogen (secondary N) is 6. The summed E-state index contributed by atoms with van der Waals surface area (Å²) >= 11 is 0. The van der Waals surface area contributed by atoms with Gasteiger partial charge in [0, 0.05) is 73.4 Å². The van der Waals surface area contributed by atoms with E-state index >= 15 is 0 Å². The first-order chi connectivity index (χ1) is 52.2. The number of carbonyl (C=O) groups is 6. The molecule has 0 atom stereocenters. The molecule has 108 heavy (non-hydrogen) atoms. The van der Waals surface area contributed by atoms with E-state index in [2.05, 4.69) is 143 Å². The summed E-state index contributed by atoms with van der Waals surface area (Å²) in [5, 5.41) is 22.5. The average molecular weight is 1550 g/mol. The van der Waals surface area contributed by atoms with Crippen molar-refractivity contribution in [3.8, 4) is 0 Å². The van der Waals surface area contributed by atoms with Gasteiger partial charge in [-0.25, -0.2) is 28.8 Å². The van der Waals surface area contributed by atoms with Crippen LogP contribution in [-0.4, -0.2) is 223 Å². The maximum atomic E-state index is 13.8. The number of ether oxygens (including phenoxy) is 6. The van der Waals surface area contributed by atoms with Crippen LogP contribution in [0.3, 0.4) is 0 Å². The maximum Gasteiger partial charge on any atom is 0.338 e. The summed E-state index contributed by atoms with van der Waals surface area (Å²) in [5.41, 5.74) is 4.49. The lowest BCUT2D eigenvalue weighted by atomic mass is 10.2. The zero-order chi connectivity index (χ0) is 77.9. The fourth-order valence-corrected chi connectivity index (χ4v) is 22.7. The van der Waals surface area contributed by atoms with E-state index in [9.17, 15) is 28.8 Å². The van der Waals surface area contributed by atoms with Crippen molar-refractivity contribution >= 4 is 92.5 Å². The quantitative estimate of drug-likeness (QED) is 0.0118. The van der Waals surface area contributed by atoms with Crippen molar-refractivity contribution in [2.45, 2.75) is 83.1 Å². The minimum Gasteiger partial charge on any atom is -0.461 e. The Morgan fingerprint density at radius 3 is 0.463 bits per heavy atom.